The highest BCUT2D eigenvalue weighted by molar-refractivity contribution is 7.13. The Bertz CT molecular complexity index is 1100. The molecule has 0 radical (unpaired) electrons. The van der Waals surface area contributed by atoms with Gasteiger partial charge in [-0.15, -0.1) is 11.3 Å². The molecule has 4 rings (SSSR count). The zero-order valence-electron chi connectivity index (χ0n) is 14.5. The van der Waals surface area contributed by atoms with Gasteiger partial charge in [-0.05, 0) is 23.6 Å². The van der Waals surface area contributed by atoms with Crippen molar-refractivity contribution in [1.82, 2.24) is 15.4 Å². The maximum atomic E-state index is 13.5. The predicted molar refractivity (Wildman–Crippen MR) is 99.4 cm³/mol. The molecule has 10 heteroatoms. The number of amides is 1. The Morgan fingerprint density at radius 2 is 1.93 bits per heavy atom. The lowest BCUT2D eigenvalue weighted by molar-refractivity contribution is -0.146. The van der Waals surface area contributed by atoms with Gasteiger partial charge in [0.05, 0.1) is 27.3 Å². The molecule has 1 atom stereocenters. The summed E-state index contributed by atoms with van der Waals surface area (Å²) in [6.45, 7) is 0. The standard InChI is InChI=1S/C19H13F4N3O2S/c20-16(21)14-9-19(28,18(22)23)26(25-14)17(27)11-8-13(15-6-3-7-29-15)24-12-5-2-1-4-10(11)12/h1-9,16,18,25,28H. The van der Waals surface area contributed by atoms with E-state index in [2.05, 4.69) is 4.98 Å². The van der Waals surface area contributed by atoms with Crippen LogP contribution in [0.2, 0.25) is 0 Å². The Kier molecular flexibility index (Phi) is 4.75. The van der Waals surface area contributed by atoms with Crippen LogP contribution in [0.5, 0.6) is 0 Å². The monoisotopic (exact) mass is 423 g/mol. The van der Waals surface area contributed by atoms with Gasteiger partial charge in [0.15, 0.2) is 0 Å². The molecule has 0 spiro atoms. The number of hydrazine groups is 1. The number of hydrogen-bond acceptors (Lipinski definition) is 5. The molecular weight excluding hydrogens is 410 g/mol. The second kappa shape index (κ2) is 7.12. The summed E-state index contributed by atoms with van der Waals surface area (Å²) in [5.74, 6) is -1.09. The van der Waals surface area contributed by atoms with Gasteiger partial charge in [0.2, 0.25) is 5.72 Å². The third kappa shape index (κ3) is 3.23. The minimum atomic E-state index is -3.51. The highest BCUT2D eigenvalue weighted by Crippen LogP contribution is 2.34. The van der Waals surface area contributed by atoms with E-state index < -0.39 is 30.2 Å². The number of alkyl halides is 4. The third-order valence-corrected chi connectivity index (χ3v) is 5.34. The first kappa shape index (κ1) is 19.3. The van der Waals surface area contributed by atoms with E-state index in [0.717, 1.165) is 4.88 Å². The number of aromatic nitrogens is 1. The van der Waals surface area contributed by atoms with Gasteiger partial charge < -0.3 is 5.11 Å². The molecule has 3 aromatic rings. The number of rotatable bonds is 4. The van der Waals surface area contributed by atoms with Crippen molar-refractivity contribution < 1.29 is 27.5 Å². The molecule has 2 N–H and O–H groups in total. The fourth-order valence-corrected chi connectivity index (χ4v) is 3.74. The molecule has 3 heterocycles. The van der Waals surface area contributed by atoms with E-state index in [1.54, 1.807) is 36.4 Å². The van der Waals surface area contributed by atoms with Crippen LogP contribution in [-0.2, 0) is 0 Å². The summed E-state index contributed by atoms with van der Waals surface area (Å²) >= 11 is 1.36. The quantitative estimate of drug-likeness (QED) is 0.622. The van der Waals surface area contributed by atoms with Crippen LogP contribution in [0.4, 0.5) is 17.6 Å². The lowest BCUT2D eigenvalue weighted by atomic mass is 10.0. The van der Waals surface area contributed by atoms with Crippen LogP contribution >= 0.6 is 11.3 Å². The Morgan fingerprint density at radius 1 is 1.17 bits per heavy atom. The Morgan fingerprint density at radius 3 is 2.59 bits per heavy atom. The summed E-state index contributed by atoms with van der Waals surface area (Å²) in [5.41, 5.74) is -1.48. The Hall–Kier alpha value is -2.98. The highest BCUT2D eigenvalue weighted by atomic mass is 32.1. The van der Waals surface area contributed by atoms with Crippen LogP contribution in [0.15, 0.2) is 59.6 Å². The maximum Gasteiger partial charge on any atom is 0.291 e. The minimum absolute atomic E-state index is 0.0607. The van der Waals surface area contributed by atoms with Crippen LogP contribution in [0.1, 0.15) is 10.4 Å². The van der Waals surface area contributed by atoms with Crippen LogP contribution in [0, 0.1) is 0 Å². The topological polar surface area (TPSA) is 65.5 Å². The molecule has 0 saturated heterocycles. The first-order chi connectivity index (χ1) is 13.8. The average molecular weight is 423 g/mol. The molecule has 29 heavy (non-hydrogen) atoms. The number of para-hydroxylation sites is 1. The molecule has 1 unspecified atom stereocenters. The molecule has 1 aliphatic heterocycles. The van der Waals surface area contributed by atoms with Crippen LogP contribution in [0.3, 0.4) is 0 Å². The van der Waals surface area contributed by atoms with E-state index in [4.69, 9.17) is 0 Å². The highest BCUT2D eigenvalue weighted by Gasteiger charge is 2.51. The number of nitrogens with one attached hydrogen (secondary N) is 1. The van der Waals surface area contributed by atoms with Crippen LogP contribution < -0.4 is 5.43 Å². The number of hydrogen-bond donors (Lipinski definition) is 2. The SMILES string of the molecule is O=C(c1cc(-c2cccs2)nc2ccccc12)N1NC(C(F)F)=CC1(O)C(F)F. The largest absolute Gasteiger partial charge is 0.361 e. The number of allylic oxidation sites excluding steroid dienone is 1. The second-order valence-corrected chi connectivity index (χ2v) is 7.23. The summed E-state index contributed by atoms with van der Waals surface area (Å²) < 4.78 is 53.1. The first-order valence-electron chi connectivity index (χ1n) is 8.37. The van der Waals surface area contributed by atoms with Crippen molar-refractivity contribution >= 4 is 28.1 Å². The fourth-order valence-electron chi connectivity index (χ4n) is 3.05. The van der Waals surface area contributed by atoms with Gasteiger partial charge in [-0.3, -0.25) is 10.2 Å². The molecule has 2 aromatic heterocycles. The molecule has 0 fully saturated rings. The van der Waals surface area contributed by atoms with Crippen LogP contribution in [0.25, 0.3) is 21.5 Å². The van der Waals surface area contributed by atoms with E-state index in [9.17, 15) is 27.5 Å². The van der Waals surface area contributed by atoms with Crippen molar-refractivity contribution in [1.29, 1.82) is 0 Å². The summed E-state index contributed by atoms with van der Waals surface area (Å²) in [7, 11) is 0. The van der Waals surface area contributed by atoms with Crippen LogP contribution in [-0.4, -0.2) is 39.6 Å². The summed E-state index contributed by atoms with van der Waals surface area (Å²) in [5, 5.41) is 12.6. The van der Waals surface area contributed by atoms with Gasteiger partial charge in [-0.1, -0.05) is 24.3 Å². The van der Waals surface area contributed by atoms with E-state index in [1.807, 2.05) is 10.8 Å². The molecule has 150 valence electrons. The van der Waals surface area contributed by atoms with E-state index in [1.165, 1.54) is 17.4 Å². The van der Waals surface area contributed by atoms with E-state index in [-0.39, 0.29) is 16.6 Å². The third-order valence-electron chi connectivity index (χ3n) is 4.45. The number of fused-ring (bicyclic) bond motifs is 1. The molecule has 5 nitrogen and oxygen atoms in total. The second-order valence-electron chi connectivity index (χ2n) is 6.29. The predicted octanol–water partition coefficient (Wildman–Crippen LogP) is 4.03. The average Bonchev–Trinajstić information content (AvgIpc) is 3.35. The number of benzene rings is 1. The Balaban J connectivity index is 1.85. The number of carbonyl (C=O) groups is 1. The minimum Gasteiger partial charge on any atom is -0.361 e. The molecule has 0 aliphatic carbocycles. The van der Waals surface area contributed by atoms with Gasteiger partial charge in [0.1, 0.15) is 0 Å². The molecule has 1 aromatic carbocycles. The maximum absolute atomic E-state index is 13.5. The van der Waals surface area contributed by atoms with Crippen molar-refractivity contribution in [2.24, 2.45) is 0 Å². The number of carbonyl (C=O) groups excluding carboxylic acids is 1. The van der Waals surface area contributed by atoms with Gasteiger partial charge in [0, 0.05) is 11.5 Å². The van der Waals surface area contributed by atoms with Crippen molar-refractivity contribution in [2.45, 2.75) is 18.6 Å². The molecule has 0 saturated carbocycles. The van der Waals surface area contributed by atoms with Crippen molar-refractivity contribution in [3.63, 3.8) is 0 Å². The lowest BCUT2D eigenvalue weighted by Gasteiger charge is -2.32. The molecule has 1 aliphatic rings. The molecular formula is C19H13F4N3O2S. The number of aliphatic hydroxyl groups is 1. The first-order valence-corrected chi connectivity index (χ1v) is 9.25. The van der Waals surface area contributed by atoms with Gasteiger partial charge in [-0.2, -0.15) is 0 Å². The van der Waals surface area contributed by atoms with Crippen molar-refractivity contribution in [3.05, 3.63) is 65.2 Å². The van der Waals surface area contributed by atoms with Crippen molar-refractivity contribution in [2.75, 3.05) is 0 Å². The lowest BCUT2D eigenvalue weighted by Crippen LogP contribution is -2.56. The smallest absolute Gasteiger partial charge is 0.291 e. The number of nitrogens with zero attached hydrogens (tertiary/aromatic N) is 2. The Labute approximate surface area is 165 Å². The number of halogens is 4. The normalized spacial score (nSPS) is 19.1. The van der Waals surface area contributed by atoms with Gasteiger partial charge in [-0.25, -0.2) is 27.6 Å². The van der Waals surface area contributed by atoms with E-state index >= 15 is 0 Å². The summed E-state index contributed by atoms with van der Waals surface area (Å²) in [4.78, 5) is 18.3. The zero-order chi connectivity index (χ0) is 20.8. The van der Waals surface area contributed by atoms with E-state index in [0.29, 0.717) is 16.6 Å². The number of thiophene rings is 1. The summed E-state index contributed by atoms with van der Waals surface area (Å²) in [6, 6.07) is 11.5. The van der Waals surface area contributed by atoms with Gasteiger partial charge >= 0.3 is 0 Å². The van der Waals surface area contributed by atoms with Crippen molar-refractivity contribution in [3.8, 4) is 10.6 Å². The molecule has 1 amide bonds. The summed E-state index contributed by atoms with van der Waals surface area (Å²) in [6.07, 6.45) is -6.42. The number of pyridine rings is 1. The molecule has 0 bridgehead atoms. The van der Waals surface area contributed by atoms with Gasteiger partial charge in [0.25, 0.3) is 18.8 Å². The fraction of sp³-hybridized carbons (Fsp3) is 0.158. The zero-order valence-corrected chi connectivity index (χ0v) is 15.3.